The Morgan fingerprint density at radius 3 is 1.56 bits per heavy atom. The second-order valence-corrected chi connectivity index (χ2v) is 7.51. The largest absolute Gasteiger partial charge is 0.325 e. The van der Waals surface area contributed by atoms with Crippen LogP contribution in [0.15, 0.2) is 0 Å². The van der Waals surface area contributed by atoms with Gasteiger partial charge >= 0.3 is 0 Å². The lowest BCUT2D eigenvalue weighted by atomic mass is 9.65. The number of hydrogen-bond donors (Lipinski definition) is 1. The van der Waals surface area contributed by atoms with E-state index in [0.29, 0.717) is 12.3 Å². The van der Waals surface area contributed by atoms with Crippen LogP contribution in [0.3, 0.4) is 0 Å². The minimum Gasteiger partial charge on any atom is -0.325 e. The van der Waals surface area contributed by atoms with E-state index in [0.717, 1.165) is 0 Å². The highest BCUT2D eigenvalue weighted by molar-refractivity contribution is 4.92. The van der Waals surface area contributed by atoms with E-state index >= 15 is 0 Å². The van der Waals surface area contributed by atoms with Crippen LogP contribution >= 0.6 is 0 Å². The van der Waals surface area contributed by atoms with E-state index in [-0.39, 0.29) is 16.9 Å². The molecule has 2 N–H and O–H groups in total. The third-order valence-electron chi connectivity index (χ3n) is 3.63. The van der Waals surface area contributed by atoms with Crippen LogP contribution in [0.4, 0.5) is 4.39 Å². The lowest BCUT2D eigenvalue weighted by molar-refractivity contribution is 0.0595. The highest BCUT2D eigenvalue weighted by atomic mass is 19.1. The van der Waals surface area contributed by atoms with Crippen molar-refractivity contribution in [2.75, 3.05) is 0 Å². The molecule has 0 aliphatic carbocycles. The third kappa shape index (κ3) is 5.29. The van der Waals surface area contributed by atoms with Gasteiger partial charge < -0.3 is 5.73 Å². The van der Waals surface area contributed by atoms with Crippen molar-refractivity contribution in [3.8, 4) is 0 Å². The van der Waals surface area contributed by atoms with Gasteiger partial charge in [0.1, 0.15) is 5.67 Å². The van der Waals surface area contributed by atoms with Gasteiger partial charge in [-0.05, 0) is 51.4 Å². The molecule has 0 saturated carbocycles. The first-order valence-electron chi connectivity index (χ1n) is 6.23. The molecule has 0 amide bonds. The average molecular weight is 231 g/mol. The van der Waals surface area contributed by atoms with Crippen molar-refractivity contribution in [3.05, 3.63) is 0 Å². The van der Waals surface area contributed by atoms with Gasteiger partial charge in [-0.15, -0.1) is 0 Å². The van der Waals surface area contributed by atoms with Crippen molar-refractivity contribution >= 4 is 0 Å². The van der Waals surface area contributed by atoms with Crippen LogP contribution < -0.4 is 5.73 Å². The second kappa shape index (κ2) is 4.64. The standard InChI is InChI=1S/C14H30FN/c1-10(12(2,3)4)11(14(7,8)16)9-13(5,6)15/h10-11H,9,16H2,1-8H3. The number of hydrogen-bond acceptors (Lipinski definition) is 1. The molecule has 0 saturated heterocycles. The molecule has 0 rings (SSSR count). The second-order valence-electron chi connectivity index (χ2n) is 7.51. The van der Waals surface area contributed by atoms with E-state index in [1.54, 1.807) is 13.8 Å². The predicted molar refractivity (Wildman–Crippen MR) is 70.2 cm³/mol. The molecule has 0 aromatic heterocycles. The molecule has 2 unspecified atom stereocenters. The zero-order chi connectivity index (χ0) is 13.4. The molecule has 2 heteroatoms. The lowest BCUT2D eigenvalue weighted by Gasteiger charge is -2.43. The van der Waals surface area contributed by atoms with Crippen molar-refractivity contribution in [2.45, 2.75) is 73.0 Å². The fourth-order valence-electron chi connectivity index (χ4n) is 2.21. The molecule has 0 heterocycles. The normalized spacial score (nSPS) is 18.4. The smallest absolute Gasteiger partial charge is 0.105 e. The van der Waals surface area contributed by atoms with E-state index in [1.807, 2.05) is 13.8 Å². The van der Waals surface area contributed by atoms with Crippen LogP contribution in [-0.2, 0) is 0 Å². The molecule has 0 radical (unpaired) electrons. The summed E-state index contributed by atoms with van der Waals surface area (Å²) in [5, 5.41) is 0. The van der Waals surface area contributed by atoms with Crippen LogP contribution in [0.25, 0.3) is 0 Å². The van der Waals surface area contributed by atoms with E-state index in [1.165, 1.54) is 0 Å². The number of halogens is 1. The van der Waals surface area contributed by atoms with E-state index in [9.17, 15) is 4.39 Å². The molecule has 0 spiro atoms. The van der Waals surface area contributed by atoms with Gasteiger partial charge in [-0.1, -0.05) is 27.7 Å². The van der Waals surface area contributed by atoms with Crippen LogP contribution in [0.2, 0.25) is 0 Å². The summed E-state index contributed by atoms with van der Waals surface area (Å²) >= 11 is 0. The summed E-state index contributed by atoms with van der Waals surface area (Å²) in [5.41, 5.74) is 4.89. The van der Waals surface area contributed by atoms with Gasteiger partial charge in [-0.2, -0.15) is 0 Å². The fourth-order valence-corrected chi connectivity index (χ4v) is 2.21. The first kappa shape index (κ1) is 15.9. The molecule has 0 aromatic rings. The Kier molecular flexibility index (Phi) is 4.61. The van der Waals surface area contributed by atoms with Crippen molar-refractivity contribution < 1.29 is 4.39 Å². The Balaban J connectivity index is 4.98. The molecule has 16 heavy (non-hydrogen) atoms. The topological polar surface area (TPSA) is 26.0 Å². The molecule has 0 aliphatic heterocycles. The predicted octanol–water partition coefficient (Wildman–Crippen LogP) is 4.16. The van der Waals surface area contributed by atoms with E-state index < -0.39 is 5.67 Å². The molecule has 0 aromatic carbocycles. The molecule has 2 atom stereocenters. The number of rotatable bonds is 4. The van der Waals surface area contributed by atoms with Crippen LogP contribution in [0.5, 0.6) is 0 Å². The molecule has 0 aliphatic rings. The Bertz CT molecular complexity index is 214. The fraction of sp³-hybridized carbons (Fsp3) is 1.00. The van der Waals surface area contributed by atoms with Gasteiger partial charge in [0, 0.05) is 5.54 Å². The van der Waals surface area contributed by atoms with Crippen molar-refractivity contribution in [1.29, 1.82) is 0 Å². The quantitative estimate of drug-likeness (QED) is 0.772. The summed E-state index contributed by atoms with van der Waals surface area (Å²) in [5.74, 6) is 0.579. The zero-order valence-electron chi connectivity index (χ0n) is 12.3. The maximum atomic E-state index is 13.9. The Morgan fingerprint density at radius 1 is 1.00 bits per heavy atom. The maximum absolute atomic E-state index is 13.9. The Morgan fingerprint density at radius 2 is 1.38 bits per heavy atom. The number of alkyl halides is 1. The Hall–Kier alpha value is -0.110. The Labute approximate surface area is 101 Å². The molecular formula is C14H30FN. The zero-order valence-corrected chi connectivity index (χ0v) is 12.3. The summed E-state index contributed by atoms with van der Waals surface area (Å²) in [7, 11) is 0. The van der Waals surface area contributed by atoms with Gasteiger partial charge in [0.2, 0.25) is 0 Å². The first-order valence-corrected chi connectivity index (χ1v) is 6.23. The van der Waals surface area contributed by atoms with Crippen LogP contribution in [0.1, 0.15) is 61.8 Å². The summed E-state index contributed by atoms with van der Waals surface area (Å²) in [6, 6.07) is 0. The van der Waals surface area contributed by atoms with Gasteiger partial charge in [0.05, 0.1) is 0 Å². The first-order chi connectivity index (χ1) is 6.75. The van der Waals surface area contributed by atoms with Crippen molar-refractivity contribution in [1.82, 2.24) is 0 Å². The van der Waals surface area contributed by atoms with Gasteiger partial charge in [0.25, 0.3) is 0 Å². The highest BCUT2D eigenvalue weighted by Crippen LogP contribution is 2.41. The van der Waals surface area contributed by atoms with E-state index in [4.69, 9.17) is 5.73 Å². The summed E-state index contributed by atoms with van der Waals surface area (Å²) in [4.78, 5) is 0. The minimum absolute atomic E-state index is 0.159. The van der Waals surface area contributed by atoms with Crippen LogP contribution in [0, 0.1) is 17.3 Å². The molecule has 1 nitrogen and oxygen atoms in total. The number of nitrogens with two attached hydrogens (primary N) is 1. The maximum Gasteiger partial charge on any atom is 0.105 e. The summed E-state index contributed by atoms with van der Waals surface area (Å²) in [6.07, 6.45) is 0.523. The third-order valence-corrected chi connectivity index (χ3v) is 3.63. The molecule has 0 bridgehead atoms. The highest BCUT2D eigenvalue weighted by Gasteiger charge is 2.39. The minimum atomic E-state index is -1.15. The summed E-state index contributed by atoms with van der Waals surface area (Å²) < 4.78 is 13.9. The van der Waals surface area contributed by atoms with Gasteiger partial charge in [-0.3, -0.25) is 0 Å². The summed E-state index contributed by atoms with van der Waals surface area (Å²) in [6.45, 7) is 16.1. The van der Waals surface area contributed by atoms with Crippen molar-refractivity contribution in [2.24, 2.45) is 23.0 Å². The molecule has 0 fully saturated rings. The SMILES string of the molecule is CC(C(CC(C)(C)F)C(C)(C)N)C(C)(C)C. The molecule has 98 valence electrons. The lowest BCUT2D eigenvalue weighted by Crippen LogP contribution is -2.49. The van der Waals surface area contributed by atoms with Crippen LogP contribution in [-0.4, -0.2) is 11.2 Å². The van der Waals surface area contributed by atoms with Gasteiger partial charge in [0.15, 0.2) is 0 Å². The van der Waals surface area contributed by atoms with Gasteiger partial charge in [-0.25, -0.2) is 4.39 Å². The monoisotopic (exact) mass is 231 g/mol. The van der Waals surface area contributed by atoms with Crippen molar-refractivity contribution in [3.63, 3.8) is 0 Å². The molecular weight excluding hydrogens is 201 g/mol. The average Bonchev–Trinajstić information content (AvgIpc) is 1.93. The van der Waals surface area contributed by atoms with E-state index in [2.05, 4.69) is 27.7 Å².